The van der Waals surface area contributed by atoms with Gasteiger partial charge in [-0.05, 0) is 54.5 Å². The van der Waals surface area contributed by atoms with Gasteiger partial charge in [-0.3, -0.25) is 9.89 Å². The Morgan fingerprint density at radius 2 is 2.12 bits per heavy atom. The Labute approximate surface area is 140 Å². The van der Waals surface area contributed by atoms with Gasteiger partial charge in [0.15, 0.2) is 5.82 Å². The molecule has 2 aromatic rings. The molecule has 1 atom stereocenters. The molecule has 0 bridgehead atoms. The lowest BCUT2D eigenvalue weighted by Crippen LogP contribution is -2.30. The summed E-state index contributed by atoms with van der Waals surface area (Å²) in [6, 6.07) is 0. The Hall–Kier alpha value is -2.25. The smallest absolute Gasteiger partial charge is 0.231 e. The normalized spacial score (nSPS) is 20.6. The molecule has 2 N–H and O–H groups in total. The highest BCUT2D eigenvalue weighted by Crippen LogP contribution is 2.25. The van der Waals surface area contributed by atoms with E-state index in [0.717, 1.165) is 44.3 Å². The van der Waals surface area contributed by atoms with Crippen LogP contribution < -0.4 is 5.32 Å². The summed E-state index contributed by atoms with van der Waals surface area (Å²) >= 11 is 0. The lowest BCUT2D eigenvalue weighted by atomic mass is 10.0. The molecule has 0 spiro atoms. The first kappa shape index (κ1) is 15.3. The van der Waals surface area contributed by atoms with Crippen LogP contribution in [0.15, 0.2) is 0 Å². The van der Waals surface area contributed by atoms with Gasteiger partial charge in [0.05, 0.1) is 18.2 Å². The van der Waals surface area contributed by atoms with Crippen molar-refractivity contribution in [1.29, 1.82) is 0 Å². The number of nitrogens with one attached hydrogen (secondary N) is 2. The van der Waals surface area contributed by atoms with Gasteiger partial charge in [-0.15, -0.1) is 5.10 Å². The number of carbonyl (C=O) groups excluding carboxylic acids is 1. The molecule has 1 aliphatic carbocycles. The average molecular weight is 329 g/mol. The maximum Gasteiger partial charge on any atom is 0.231 e. The molecule has 3 heterocycles. The number of aryl methyl sites for hydroxylation is 2. The lowest BCUT2D eigenvalue weighted by molar-refractivity contribution is -0.123. The van der Waals surface area contributed by atoms with Crippen LogP contribution in [0.2, 0.25) is 0 Å². The largest absolute Gasteiger partial charge is 0.350 e. The summed E-state index contributed by atoms with van der Waals surface area (Å²) in [6.45, 7) is 1.27. The van der Waals surface area contributed by atoms with Crippen LogP contribution in [0.5, 0.6) is 0 Å². The molecule has 1 aliphatic heterocycles. The molecule has 1 unspecified atom stereocenters. The third-order valence-electron chi connectivity index (χ3n) is 5.12. The first-order chi connectivity index (χ1) is 11.8. The van der Waals surface area contributed by atoms with E-state index in [0.29, 0.717) is 12.4 Å². The molecule has 128 valence electrons. The summed E-state index contributed by atoms with van der Waals surface area (Å²) in [4.78, 5) is 12.7. The molecular formula is C16H23N7O. The average Bonchev–Trinajstić information content (AvgIpc) is 3.06. The zero-order valence-electron chi connectivity index (χ0n) is 13.8. The van der Waals surface area contributed by atoms with E-state index in [1.165, 1.54) is 30.5 Å². The summed E-state index contributed by atoms with van der Waals surface area (Å²) in [5.74, 6) is 0.421. The monoisotopic (exact) mass is 329 g/mol. The lowest BCUT2D eigenvalue weighted by Gasteiger charge is -2.13. The van der Waals surface area contributed by atoms with E-state index >= 15 is 0 Å². The Morgan fingerprint density at radius 1 is 1.21 bits per heavy atom. The Kier molecular flexibility index (Phi) is 4.27. The van der Waals surface area contributed by atoms with Crippen molar-refractivity contribution in [1.82, 2.24) is 35.7 Å². The van der Waals surface area contributed by atoms with Crippen molar-refractivity contribution >= 4 is 5.91 Å². The molecule has 2 aliphatic rings. The molecule has 2 aromatic heterocycles. The van der Waals surface area contributed by atoms with Gasteiger partial charge < -0.3 is 5.32 Å². The van der Waals surface area contributed by atoms with E-state index in [9.17, 15) is 4.79 Å². The number of hydrogen-bond donors (Lipinski definition) is 2. The van der Waals surface area contributed by atoms with Gasteiger partial charge in [-0.25, -0.2) is 4.68 Å². The predicted octanol–water partition coefficient (Wildman–Crippen LogP) is 1.25. The van der Waals surface area contributed by atoms with Gasteiger partial charge in [-0.1, -0.05) is 12.8 Å². The number of amides is 1. The summed E-state index contributed by atoms with van der Waals surface area (Å²) < 4.78 is 1.76. The number of rotatable bonds is 3. The topological polar surface area (TPSA) is 101 Å². The number of carbonyl (C=O) groups is 1. The van der Waals surface area contributed by atoms with Crippen molar-refractivity contribution in [2.75, 3.05) is 0 Å². The van der Waals surface area contributed by atoms with Crippen molar-refractivity contribution in [3.8, 4) is 0 Å². The molecule has 24 heavy (non-hydrogen) atoms. The van der Waals surface area contributed by atoms with E-state index in [4.69, 9.17) is 0 Å². The minimum absolute atomic E-state index is 0.00155. The summed E-state index contributed by atoms with van der Waals surface area (Å²) in [5.41, 5.74) is 3.53. The van der Waals surface area contributed by atoms with Crippen LogP contribution >= 0.6 is 0 Å². The fourth-order valence-electron chi connectivity index (χ4n) is 3.77. The molecule has 0 fully saturated rings. The first-order valence-corrected chi connectivity index (χ1v) is 8.91. The fraction of sp³-hybridized carbons (Fsp3) is 0.688. The molecule has 0 saturated carbocycles. The van der Waals surface area contributed by atoms with Crippen LogP contribution in [-0.4, -0.2) is 36.3 Å². The number of aromatic nitrogens is 6. The third-order valence-corrected chi connectivity index (χ3v) is 5.12. The van der Waals surface area contributed by atoms with Crippen LogP contribution in [0.25, 0.3) is 0 Å². The van der Waals surface area contributed by atoms with E-state index in [1.807, 2.05) is 0 Å². The minimum atomic E-state index is -0.264. The fourth-order valence-corrected chi connectivity index (χ4v) is 3.77. The second-order valence-corrected chi connectivity index (χ2v) is 6.71. The van der Waals surface area contributed by atoms with Gasteiger partial charge in [0.25, 0.3) is 0 Å². The quantitative estimate of drug-likeness (QED) is 0.825. The van der Waals surface area contributed by atoms with E-state index in [2.05, 4.69) is 31.0 Å². The predicted molar refractivity (Wildman–Crippen MR) is 86.1 cm³/mol. The molecule has 0 saturated heterocycles. The molecule has 8 heteroatoms. The Morgan fingerprint density at radius 3 is 3.08 bits per heavy atom. The van der Waals surface area contributed by atoms with E-state index in [1.54, 1.807) is 4.68 Å². The number of fused-ring (bicyclic) bond motifs is 2. The number of H-pyrrole nitrogens is 1. The second kappa shape index (κ2) is 6.70. The standard InChI is InChI=1S/C16H23N7O/c24-16(12-7-4-5-9-23-15(12)20-21-22-23)17-10-14-11-6-2-1-3-8-13(11)18-19-14/h12H,1-10H2,(H,17,24)(H,18,19). The Balaban J connectivity index is 1.45. The van der Waals surface area contributed by atoms with Crippen molar-refractivity contribution in [3.63, 3.8) is 0 Å². The van der Waals surface area contributed by atoms with Crippen molar-refractivity contribution < 1.29 is 4.79 Å². The van der Waals surface area contributed by atoms with Gasteiger partial charge in [0.2, 0.25) is 5.91 Å². The number of hydrogen-bond acceptors (Lipinski definition) is 5. The zero-order valence-corrected chi connectivity index (χ0v) is 13.8. The minimum Gasteiger partial charge on any atom is -0.350 e. The molecule has 8 nitrogen and oxygen atoms in total. The third kappa shape index (κ3) is 2.92. The molecule has 1 amide bonds. The Bertz CT molecular complexity index is 720. The van der Waals surface area contributed by atoms with Gasteiger partial charge in [0.1, 0.15) is 0 Å². The van der Waals surface area contributed by atoms with E-state index < -0.39 is 0 Å². The van der Waals surface area contributed by atoms with Crippen molar-refractivity contribution in [2.24, 2.45) is 0 Å². The molecule has 4 rings (SSSR count). The SMILES string of the molecule is O=C(NCc1n[nH]c2c1CCCCC2)C1CCCCn2nnnc21. The maximum atomic E-state index is 12.7. The van der Waals surface area contributed by atoms with Crippen LogP contribution in [0, 0.1) is 0 Å². The molecule has 0 radical (unpaired) electrons. The summed E-state index contributed by atoms with van der Waals surface area (Å²) in [6.07, 6.45) is 8.60. The second-order valence-electron chi connectivity index (χ2n) is 6.71. The number of nitrogens with zero attached hydrogens (tertiary/aromatic N) is 5. The van der Waals surface area contributed by atoms with Gasteiger partial charge in [-0.2, -0.15) is 5.10 Å². The number of aromatic amines is 1. The molecule has 0 aromatic carbocycles. The van der Waals surface area contributed by atoms with Crippen LogP contribution in [0.3, 0.4) is 0 Å². The maximum absolute atomic E-state index is 12.7. The first-order valence-electron chi connectivity index (χ1n) is 8.91. The zero-order chi connectivity index (χ0) is 16.4. The van der Waals surface area contributed by atoms with Crippen molar-refractivity contribution in [3.05, 3.63) is 22.8 Å². The van der Waals surface area contributed by atoms with Crippen molar-refractivity contribution in [2.45, 2.75) is 70.4 Å². The van der Waals surface area contributed by atoms with Crippen LogP contribution in [0.4, 0.5) is 0 Å². The highest BCUT2D eigenvalue weighted by atomic mass is 16.1. The summed E-state index contributed by atoms with van der Waals surface area (Å²) in [7, 11) is 0. The van der Waals surface area contributed by atoms with Gasteiger partial charge in [0, 0.05) is 12.2 Å². The highest BCUT2D eigenvalue weighted by molar-refractivity contribution is 5.82. The summed E-state index contributed by atoms with van der Waals surface area (Å²) in [5, 5.41) is 22.4. The highest BCUT2D eigenvalue weighted by Gasteiger charge is 2.28. The number of tetrazole rings is 1. The van der Waals surface area contributed by atoms with E-state index in [-0.39, 0.29) is 11.8 Å². The van der Waals surface area contributed by atoms with Crippen LogP contribution in [-0.2, 0) is 30.7 Å². The van der Waals surface area contributed by atoms with Gasteiger partial charge >= 0.3 is 0 Å². The van der Waals surface area contributed by atoms with Crippen LogP contribution in [0.1, 0.15) is 67.2 Å². The molecular weight excluding hydrogens is 306 g/mol.